The first kappa shape index (κ1) is 14.5. The van der Waals surface area contributed by atoms with Crippen molar-refractivity contribution in [3.63, 3.8) is 0 Å². The highest BCUT2D eigenvalue weighted by Crippen LogP contribution is 2.35. The summed E-state index contributed by atoms with van der Waals surface area (Å²) in [5, 5.41) is 0.936. The van der Waals surface area contributed by atoms with Crippen LogP contribution in [-0.4, -0.2) is 7.11 Å². The van der Waals surface area contributed by atoms with Gasteiger partial charge in [-0.05, 0) is 47.9 Å². The SMILES string of the molecule is COc1ccc(C(Cl)c2cc(C)cc(Cl)c2)cc1Cl. The molecule has 1 unspecified atom stereocenters. The Labute approximate surface area is 128 Å². The van der Waals surface area contributed by atoms with Crippen molar-refractivity contribution in [3.8, 4) is 5.75 Å². The summed E-state index contributed by atoms with van der Waals surface area (Å²) in [5.74, 6) is 0.636. The van der Waals surface area contributed by atoms with Crippen molar-refractivity contribution in [3.05, 3.63) is 63.1 Å². The predicted octanol–water partition coefficient (Wildman–Crippen LogP) is 5.64. The molecule has 0 spiro atoms. The van der Waals surface area contributed by atoms with Gasteiger partial charge in [-0.1, -0.05) is 35.3 Å². The zero-order chi connectivity index (χ0) is 14.0. The van der Waals surface area contributed by atoms with Gasteiger partial charge in [0.1, 0.15) is 5.75 Å². The van der Waals surface area contributed by atoms with Gasteiger partial charge in [-0.15, -0.1) is 11.6 Å². The monoisotopic (exact) mass is 314 g/mol. The van der Waals surface area contributed by atoms with Crippen LogP contribution in [0.1, 0.15) is 22.1 Å². The topological polar surface area (TPSA) is 9.23 Å². The molecule has 0 aliphatic heterocycles. The molecule has 2 rings (SSSR count). The van der Waals surface area contributed by atoms with E-state index in [1.165, 1.54) is 0 Å². The summed E-state index contributed by atoms with van der Waals surface area (Å²) < 4.78 is 5.13. The number of rotatable bonds is 3. The Hall–Kier alpha value is -0.890. The average Bonchev–Trinajstić information content (AvgIpc) is 2.36. The van der Waals surface area contributed by atoms with E-state index in [9.17, 15) is 0 Å². The molecule has 100 valence electrons. The number of benzene rings is 2. The maximum absolute atomic E-state index is 6.48. The molecule has 1 atom stereocenters. The van der Waals surface area contributed by atoms with E-state index in [1.807, 2.05) is 43.3 Å². The van der Waals surface area contributed by atoms with Crippen molar-refractivity contribution in [2.24, 2.45) is 0 Å². The van der Waals surface area contributed by atoms with Crippen molar-refractivity contribution in [2.45, 2.75) is 12.3 Å². The first-order valence-corrected chi connectivity index (χ1v) is 6.95. The highest BCUT2D eigenvalue weighted by atomic mass is 35.5. The third kappa shape index (κ3) is 3.36. The van der Waals surface area contributed by atoms with E-state index in [0.717, 1.165) is 16.7 Å². The third-order valence-corrected chi connectivity index (χ3v) is 3.84. The van der Waals surface area contributed by atoms with E-state index < -0.39 is 0 Å². The Morgan fingerprint density at radius 1 is 1.00 bits per heavy atom. The van der Waals surface area contributed by atoms with Crippen LogP contribution in [0.5, 0.6) is 5.75 Å². The zero-order valence-corrected chi connectivity index (χ0v) is 12.9. The summed E-state index contributed by atoms with van der Waals surface area (Å²) in [7, 11) is 1.58. The van der Waals surface area contributed by atoms with Gasteiger partial charge < -0.3 is 4.74 Å². The number of hydrogen-bond donors (Lipinski definition) is 0. The van der Waals surface area contributed by atoms with Crippen LogP contribution in [0.3, 0.4) is 0 Å². The molecule has 0 amide bonds. The average molecular weight is 316 g/mol. The van der Waals surface area contributed by atoms with Crippen molar-refractivity contribution < 1.29 is 4.74 Å². The van der Waals surface area contributed by atoms with E-state index in [2.05, 4.69) is 0 Å². The van der Waals surface area contributed by atoms with Crippen LogP contribution in [0.4, 0.5) is 0 Å². The first-order valence-electron chi connectivity index (χ1n) is 5.76. The molecule has 0 fully saturated rings. The van der Waals surface area contributed by atoms with Crippen LogP contribution in [0.2, 0.25) is 10.0 Å². The van der Waals surface area contributed by atoms with Crippen molar-refractivity contribution in [1.29, 1.82) is 0 Å². The highest BCUT2D eigenvalue weighted by Gasteiger charge is 2.13. The number of halogens is 3. The number of methoxy groups -OCH3 is 1. The molecule has 0 bridgehead atoms. The second kappa shape index (κ2) is 6.04. The fourth-order valence-electron chi connectivity index (χ4n) is 1.94. The molecule has 2 aromatic carbocycles. The number of hydrogen-bond acceptors (Lipinski definition) is 1. The van der Waals surface area contributed by atoms with Gasteiger partial charge in [0.05, 0.1) is 17.5 Å². The van der Waals surface area contributed by atoms with Crippen molar-refractivity contribution in [1.82, 2.24) is 0 Å². The lowest BCUT2D eigenvalue weighted by atomic mass is 10.0. The van der Waals surface area contributed by atoms with E-state index in [0.29, 0.717) is 15.8 Å². The van der Waals surface area contributed by atoms with Gasteiger partial charge >= 0.3 is 0 Å². The van der Waals surface area contributed by atoms with E-state index in [-0.39, 0.29) is 5.38 Å². The van der Waals surface area contributed by atoms with Crippen molar-refractivity contribution in [2.75, 3.05) is 7.11 Å². The molecule has 2 aromatic rings. The van der Waals surface area contributed by atoms with Crippen LogP contribution in [0.15, 0.2) is 36.4 Å². The summed E-state index contributed by atoms with van der Waals surface area (Å²) in [6.07, 6.45) is 0. The number of alkyl halides is 1. The highest BCUT2D eigenvalue weighted by molar-refractivity contribution is 6.32. The van der Waals surface area contributed by atoms with E-state index >= 15 is 0 Å². The number of aryl methyl sites for hydroxylation is 1. The second-order valence-electron chi connectivity index (χ2n) is 4.32. The number of ether oxygens (including phenoxy) is 1. The van der Waals surface area contributed by atoms with Gasteiger partial charge in [0.15, 0.2) is 0 Å². The predicted molar refractivity (Wildman–Crippen MR) is 81.9 cm³/mol. The van der Waals surface area contributed by atoms with Gasteiger partial charge in [-0.25, -0.2) is 0 Å². The van der Waals surface area contributed by atoms with Crippen molar-refractivity contribution >= 4 is 34.8 Å². The normalized spacial score (nSPS) is 12.3. The third-order valence-electron chi connectivity index (χ3n) is 2.83. The molecule has 0 aliphatic carbocycles. The molecule has 4 heteroatoms. The molecule has 0 saturated carbocycles. The van der Waals surface area contributed by atoms with Crippen LogP contribution < -0.4 is 4.74 Å². The molecular weight excluding hydrogens is 303 g/mol. The Morgan fingerprint density at radius 2 is 1.74 bits per heavy atom. The molecule has 0 N–H and O–H groups in total. The maximum atomic E-state index is 6.48. The van der Waals surface area contributed by atoms with Gasteiger partial charge in [-0.2, -0.15) is 0 Å². The molecule has 1 nitrogen and oxygen atoms in total. The summed E-state index contributed by atoms with van der Waals surface area (Å²) in [6.45, 7) is 1.99. The Balaban J connectivity index is 2.38. The molecule has 0 saturated heterocycles. The first-order chi connectivity index (χ1) is 9.01. The largest absolute Gasteiger partial charge is 0.495 e. The molecule has 0 radical (unpaired) electrons. The lowest BCUT2D eigenvalue weighted by Gasteiger charge is -2.13. The minimum Gasteiger partial charge on any atom is -0.495 e. The van der Waals surface area contributed by atoms with E-state index in [4.69, 9.17) is 39.5 Å². The van der Waals surface area contributed by atoms with Gasteiger partial charge in [0, 0.05) is 5.02 Å². The molecule has 19 heavy (non-hydrogen) atoms. The van der Waals surface area contributed by atoms with Crippen LogP contribution in [-0.2, 0) is 0 Å². The Bertz CT molecular complexity index is 576. The quantitative estimate of drug-likeness (QED) is 0.666. The minimum atomic E-state index is -0.291. The lowest BCUT2D eigenvalue weighted by molar-refractivity contribution is 0.415. The van der Waals surface area contributed by atoms with Gasteiger partial charge in [0.25, 0.3) is 0 Å². The molecular formula is C15H13Cl3O. The lowest BCUT2D eigenvalue weighted by Crippen LogP contribution is -1.95. The molecule has 0 aliphatic rings. The zero-order valence-electron chi connectivity index (χ0n) is 10.6. The summed E-state index contributed by atoms with van der Waals surface area (Å²) in [5.41, 5.74) is 2.94. The summed E-state index contributed by atoms with van der Waals surface area (Å²) >= 11 is 18.7. The van der Waals surface area contributed by atoms with Crippen LogP contribution >= 0.6 is 34.8 Å². The van der Waals surface area contributed by atoms with Crippen LogP contribution in [0.25, 0.3) is 0 Å². The fourth-order valence-corrected chi connectivity index (χ4v) is 2.77. The Morgan fingerprint density at radius 3 is 2.32 bits per heavy atom. The van der Waals surface area contributed by atoms with Gasteiger partial charge in [0.2, 0.25) is 0 Å². The van der Waals surface area contributed by atoms with E-state index in [1.54, 1.807) is 7.11 Å². The standard InChI is InChI=1S/C15H13Cl3O/c1-9-5-11(7-12(16)6-9)15(18)10-3-4-14(19-2)13(17)8-10/h3-8,15H,1-2H3. The summed E-state index contributed by atoms with van der Waals surface area (Å²) in [6, 6.07) is 11.3. The molecule has 0 aromatic heterocycles. The second-order valence-corrected chi connectivity index (χ2v) is 5.60. The fraction of sp³-hybridized carbons (Fsp3) is 0.200. The van der Waals surface area contributed by atoms with Gasteiger partial charge in [-0.3, -0.25) is 0 Å². The molecule has 0 heterocycles. The Kier molecular flexibility index (Phi) is 4.62. The maximum Gasteiger partial charge on any atom is 0.137 e. The summed E-state index contributed by atoms with van der Waals surface area (Å²) in [4.78, 5) is 0. The minimum absolute atomic E-state index is 0.291. The van der Waals surface area contributed by atoms with Crippen LogP contribution in [0, 0.1) is 6.92 Å². The smallest absolute Gasteiger partial charge is 0.137 e.